The van der Waals surface area contributed by atoms with Crippen LogP contribution in [0.25, 0.3) is 27.9 Å². The van der Waals surface area contributed by atoms with Crippen LogP contribution in [0.15, 0.2) is 59.8 Å². The van der Waals surface area contributed by atoms with Crippen molar-refractivity contribution >= 4 is 38.4 Å². The van der Waals surface area contributed by atoms with Gasteiger partial charge in [-0.15, -0.1) is 5.10 Å². The number of nitrogens with one attached hydrogen (secondary N) is 1. The van der Waals surface area contributed by atoms with Gasteiger partial charge < -0.3 is 10.1 Å². The van der Waals surface area contributed by atoms with Gasteiger partial charge in [0.1, 0.15) is 11.3 Å². The molecule has 10 nitrogen and oxygen atoms in total. The second-order valence-corrected chi connectivity index (χ2v) is 14.7. The molecule has 0 amide bonds. The first-order valence-corrected chi connectivity index (χ1v) is 17.5. The molecule has 5 aromatic rings. The van der Waals surface area contributed by atoms with Gasteiger partial charge in [-0.05, 0) is 94.5 Å². The maximum absolute atomic E-state index is 14.7. The van der Waals surface area contributed by atoms with E-state index in [4.69, 9.17) is 14.8 Å². The van der Waals surface area contributed by atoms with Crippen LogP contribution in [-0.2, 0) is 19.6 Å². The van der Waals surface area contributed by atoms with Gasteiger partial charge in [-0.3, -0.25) is 4.79 Å². The van der Waals surface area contributed by atoms with E-state index in [1.807, 2.05) is 24.4 Å². The molecule has 4 aliphatic carbocycles. The topological polar surface area (TPSA) is 120 Å². The van der Waals surface area contributed by atoms with Crippen LogP contribution in [0.2, 0.25) is 0 Å². The molecule has 4 heterocycles. The second kappa shape index (κ2) is 10.9. The third-order valence-electron chi connectivity index (χ3n) is 10.0. The summed E-state index contributed by atoms with van der Waals surface area (Å²) in [6, 6.07) is 11.7. The molecule has 1 N–H and O–H groups in total. The molecule has 0 saturated heterocycles. The molecule has 238 valence electrons. The van der Waals surface area contributed by atoms with Gasteiger partial charge in [0, 0.05) is 34.8 Å². The Labute approximate surface area is 266 Å². The highest BCUT2D eigenvalue weighted by molar-refractivity contribution is 7.90. The minimum Gasteiger partial charge on any atom is -0.466 e. The first kappa shape index (κ1) is 29.1. The minimum atomic E-state index is -4.08. The molecule has 1 aromatic carbocycles. The summed E-state index contributed by atoms with van der Waals surface area (Å²) in [6.07, 6.45) is 8.59. The Morgan fingerprint density at radius 1 is 1.04 bits per heavy atom. The van der Waals surface area contributed by atoms with Gasteiger partial charge in [-0.1, -0.05) is 17.7 Å². The largest absolute Gasteiger partial charge is 0.466 e. The van der Waals surface area contributed by atoms with Crippen molar-refractivity contribution in [2.75, 3.05) is 11.9 Å². The van der Waals surface area contributed by atoms with E-state index in [9.17, 15) is 17.6 Å². The zero-order valence-corrected chi connectivity index (χ0v) is 26.5. The summed E-state index contributed by atoms with van der Waals surface area (Å²) in [6.45, 7) is 4.04. The van der Waals surface area contributed by atoms with Gasteiger partial charge in [-0.25, -0.2) is 31.3 Å². The Kier molecular flexibility index (Phi) is 6.89. The molecule has 46 heavy (non-hydrogen) atoms. The van der Waals surface area contributed by atoms with Gasteiger partial charge in [-0.2, -0.15) is 0 Å². The van der Waals surface area contributed by atoms with E-state index >= 15 is 0 Å². The monoisotopic (exact) mass is 642 g/mol. The van der Waals surface area contributed by atoms with Gasteiger partial charge in [0.05, 0.1) is 23.6 Å². The van der Waals surface area contributed by atoms with Gasteiger partial charge in [0.25, 0.3) is 10.0 Å². The molecule has 4 fully saturated rings. The number of halogens is 1. The number of aryl methyl sites for hydroxylation is 1. The number of esters is 1. The number of nitrogens with zero attached hydrogens (tertiary/aromatic N) is 5. The molecule has 12 heteroatoms. The number of aromatic nitrogens is 5. The number of carbonyl (C=O) groups is 1. The van der Waals surface area contributed by atoms with Crippen molar-refractivity contribution in [1.82, 2.24) is 23.6 Å². The lowest BCUT2D eigenvalue weighted by Crippen LogP contribution is -2.52. The lowest BCUT2D eigenvalue weighted by atomic mass is 9.61. The molecule has 0 unspecified atom stereocenters. The number of ether oxygens (including phenoxy) is 1. The van der Waals surface area contributed by atoms with Gasteiger partial charge >= 0.3 is 5.97 Å². The van der Waals surface area contributed by atoms with Crippen LogP contribution in [0, 0.1) is 30.5 Å². The fourth-order valence-electron chi connectivity index (χ4n) is 7.56. The Balaban J connectivity index is 1.30. The number of pyridine rings is 1. The van der Waals surface area contributed by atoms with Crippen molar-refractivity contribution in [3.05, 3.63) is 71.9 Å². The quantitative estimate of drug-likeness (QED) is 0.202. The number of anilines is 1. The van der Waals surface area contributed by atoms with E-state index < -0.39 is 15.8 Å². The summed E-state index contributed by atoms with van der Waals surface area (Å²) in [5.41, 5.74) is 3.15. The average Bonchev–Trinajstić information content (AvgIpc) is 3.68. The van der Waals surface area contributed by atoms with Crippen LogP contribution in [-0.4, -0.2) is 50.6 Å². The number of benzene rings is 1. The Morgan fingerprint density at radius 3 is 2.50 bits per heavy atom. The van der Waals surface area contributed by atoms with E-state index in [1.54, 1.807) is 24.3 Å². The molecular weight excluding hydrogens is 607 g/mol. The molecule has 4 aromatic heterocycles. The van der Waals surface area contributed by atoms with Crippen LogP contribution < -0.4 is 5.32 Å². The molecule has 2 atom stereocenters. The predicted molar refractivity (Wildman–Crippen MR) is 170 cm³/mol. The molecule has 2 bridgehead atoms. The highest BCUT2D eigenvalue weighted by Gasteiger charge is 2.48. The van der Waals surface area contributed by atoms with Crippen LogP contribution in [0.5, 0.6) is 0 Å². The first-order chi connectivity index (χ1) is 22.2. The molecular formula is C34H35FN6O4S. The number of rotatable bonds is 8. The Morgan fingerprint density at radius 2 is 1.78 bits per heavy atom. The lowest BCUT2D eigenvalue weighted by Gasteiger charge is -2.47. The molecule has 4 aliphatic rings. The van der Waals surface area contributed by atoms with Crippen LogP contribution in [0.4, 0.5) is 10.2 Å². The molecule has 0 spiro atoms. The van der Waals surface area contributed by atoms with Crippen molar-refractivity contribution in [3.8, 4) is 11.4 Å². The normalized spacial score (nSPS) is 22.8. The highest BCUT2D eigenvalue weighted by atomic mass is 32.2. The summed E-state index contributed by atoms with van der Waals surface area (Å²) in [4.78, 5) is 22.5. The SMILES string of the molecule is CCOC(=O)[C@H]1C2CCC(CC2)[C@@H]1Nc1nc(-c2cn(S(=O)(=O)c3ccc(C)cc3)c3ncc(F)cc23)nn2c(C3CC3)ccc12. The Hall–Kier alpha value is -4.32. The lowest BCUT2D eigenvalue weighted by molar-refractivity contribution is -0.154. The maximum atomic E-state index is 14.7. The molecule has 4 saturated carbocycles. The number of hydrogen-bond donors (Lipinski definition) is 1. The van der Waals surface area contributed by atoms with Crippen molar-refractivity contribution in [2.24, 2.45) is 17.8 Å². The van der Waals surface area contributed by atoms with E-state index in [1.165, 1.54) is 12.3 Å². The summed E-state index contributed by atoms with van der Waals surface area (Å²) in [5, 5.41) is 8.87. The highest BCUT2D eigenvalue weighted by Crippen LogP contribution is 2.47. The van der Waals surface area contributed by atoms with Gasteiger partial charge in [0.2, 0.25) is 0 Å². The van der Waals surface area contributed by atoms with E-state index in [-0.39, 0.29) is 51.5 Å². The zero-order valence-electron chi connectivity index (χ0n) is 25.7. The van der Waals surface area contributed by atoms with E-state index in [2.05, 4.69) is 16.4 Å². The summed E-state index contributed by atoms with van der Waals surface area (Å²) >= 11 is 0. The first-order valence-electron chi connectivity index (χ1n) is 16.0. The van der Waals surface area contributed by atoms with E-state index in [0.717, 1.165) is 65.5 Å². The van der Waals surface area contributed by atoms with Crippen molar-refractivity contribution in [3.63, 3.8) is 0 Å². The standard InChI is InChI=1S/C34H35FN6O4S/c1-3-45-34(42)29-21-8-10-22(11-9-21)30(29)37-32-28-15-14-27(20-6-7-20)41(28)39-31(38-32)26-18-40(33-25(26)16-23(35)17-36-33)46(43,44)24-12-4-19(2)5-13-24/h4-5,12-18,20-22,29-30H,3,6-11H2,1-2H3,(H,37,38,39)/t21?,22?,29-,30-/m0/s1. The third-order valence-corrected chi connectivity index (χ3v) is 11.7. The summed E-state index contributed by atoms with van der Waals surface area (Å²) < 4.78 is 51.0. The van der Waals surface area contributed by atoms with E-state index in [0.29, 0.717) is 23.9 Å². The molecule has 0 aliphatic heterocycles. The fourth-order valence-corrected chi connectivity index (χ4v) is 8.88. The Bertz CT molecular complexity index is 2100. The maximum Gasteiger partial charge on any atom is 0.311 e. The fraction of sp³-hybridized carbons (Fsp3) is 0.412. The summed E-state index contributed by atoms with van der Waals surface area (Å²) in [7, 11) is -4.08. The van der Waals surface area contributed by atoms with Gasteiger partial charge in [0.15, 0.2) is 17.3 Å². The second-order valence-electron chi connectivity index (χ2n) is 12.9. The van der Waals surface area contributed by atoms with Crippen molar-refractivity contribution in [1.29, 1.82) is 0 Å². The van der Waals surface area contributed by atoms with Crippen molar-refractivity contribution < 1.29 is 22.3 Å². The number of hydrogen-bond acceptors (Lipinski definition) is 8. The zero-order chi connectivity index (χ0) is 31.7. The van der Waals surface area contributed by atoms with Crippen LogP contribution >= 0.6 is 0 Å². The third kappa shape index (κ3) is 4.76. The molecule has 9 rings (SSSR count). The summed E-state index contributed by atoms with van der Waals surface area (Å²) in [5.74, 6) is 0.602. The van der Waals surface area contributed by atoms with Crippen molar-refractivity contribution in [2.45, 2.75) is 69.2 Å². The smallest absolute Gasteiger partial charge is 0.311 e. The number of fused-ring (bicyclic) bond motifs is 5. The number of carbonyl (C=O) groups excluding carboxylic acids is 1. The van der Waals surface area contributed by atoms with Crippen LogP contribution in [0.3, 0.4) is 0 Å². The minimum absolute atomic E-state index is 0.0806. The predicted octanol–water partition coefficient (Wildman–Crippen LogP) is 6.09. The molecule has 0 radical (unpaired) electrons. The average molecular weight is 643 g/mol. The van der Waals surface area contributed by atoms with Crippen LogP contribution in [0.1, 0.15) is 62.6 Å².